The number of halogens is 1. The van der Waals surface area contributed by atoms with Gasteiger partial charge in [-0.15, -0.1) is 0 Å². The summed E-state index contributed by atoms with van der Waals surface area (Å²) in [6, 6.07) is 6.09. The molecule has 0 fully saturated rings. The number of nitrogens with two attached hydrogens (primary N) is 1. The molecule has 2 rings (SSSR count). The van der Waals surface area contributed by atoms with Crippen molar-refractivity contribution in [1.29, 1.82) is 0 Å². The third kappa shape index (κ3) is 1.68. The molecule has 2 N–H and O–H groups in total. The molecule has 0 unspecified atom stereocenters. The molecular weight excluding hydrogens is 254 g/mol. The largest absolute Gasteiger partial charge is 0.325 e. The number of fused-ring (bicyclic) bond motifs is 1. The lowest BCUT2D eigenvalue weighted by Crippen LogP contribution is -2.07. The van der Waals surface area contributed by atoms with Crippen molar-refractivity contribution in [3.8, 4) is 0 Å². The summed E-state index contributed by atoms with van der Waals surface area (Å²) in [6.07, 6.45) is 0. The predicted molar refractivity (Wildman–Crippen MR) is 64.9 cm³/mol. The van der Waals surface area contributed by atoms with Gasteiger partial charge in [0.2, 0.25) is 0 Å². The van der Waals surface area contributed by atoms with E-state index in [9.17, 15) is 0 Å². The number of hydrogen-bond donors (Lipinski definition) is 1. The maximum atomic E-state index is 5.73. The predicted octanol–water partition coefficient (Wildman–Crippen LogP) is 2.68. The molecule has 2 aromatic rings. The molecular formula is C11H14BrN3. The topological polar surface area (TPSA) is 43.3 Å². The number of nitrogens with zero attached hydrogens (tertiary/aromatic N) is 2. The lowest BCUT2D eigenvalue weighted by atomic mass is 10.2. The molecule has 0 saturated heterocycles. The summed E-state index contributed by atoms with van der Waals surface area (Å²) in [6.45, 7) is 4.79. The van der Waals surface area contributed by atoms with Crippen LogP contribution in [-0.4, -0.2) is 9.38 Å². The van der Waals surface area contributed by atoms with E-state index in [2.05, 4.69) is 39.2 Å². The Labute approximate surface area is 97.4 Å². The standard InChI is InChI=1S/C11H14BrN3/c1-7(2)11-14-10(12)9-5-3-4-8(6-13)15(9)11/h3-5,7H,6,13H2,1-2H3. The molecule has 0 radical (unpaired) electrons. The lowest BCUT2D eigenvalue weighted by molar-refractivity contribution is 0.750. The van der Waals surface area contributed by atoms with Crippen LogP contribution in [0.1, 0.15) is 31.3 Å². The molecule has 0 saturated carbocycles. The Morgan fingerprint density at radius 3 is 2.80 bits per heavy atom. The van der Waals surface area contributed by atoms with E-state index in [1.165, 1.54) is 0 Å². The summed E-state index contributed by atoms with van der Waals surface area (Å²) in [5, 5.41) is 0. The van der Waals surface area contributed by atoms with Gasteiger partial charge in [0, 0.05) is 18.2 Å². The van der Waals surface area contributed by atoms with E-state index >= 15 is 0 Å². The molecule has 0 amide bonds. The van der Waals surface area contributed by atoms with Crippen molar-refractivity contribution in [3.05, 3.63) is 34.3 Å². The minimum absolute atomic E-state index is 0.386. The van der Waals surface area contributed by atoms with Gasteiger partial charge in [0.25, 0.3) is 0 Å². The Morgan fingerprint density at radius 1 is 1.47 bits per heavy atom. The van der Waals surface area contributed by atoms with E-state index in [0.717, 1.165) is 21.6 Å². The van der Waals surface area contributed by atoms with Gasteiger partial charge in [0.05, 0.1) is 5.52 Å². The number of rotatable bonds is 2. The van der Waals surface area contributed by atoms with Gasteiger partial charge in [-0.25, -0.2) is 4.98 Å². The van der Waals surface area contributed by atoms with Crippen LogP contribution in [-0.2, 0) is 6.54 Å². The van der Waals surface area contributed by atoms with Gasteiger partial charge < -0.3 is 5.73 Å². The lowest BCUT2D eigenvalue weighted by Gasteiger charge is -2.08. The Bertz CT molecular complexity index is 488. The first-order chi connectivity index (χ1) is 7.15. The molecule has 15 heavy (non-hydrogen) atoms. The van der Waals surface area contributed by atoms with Crippen LogP contribution in [0.2, 0.25) is 0 Å². The summed E-state index contributed by atoms with van der Waals surface area (Å²) in [5.74, 6) is 1.44. The van der Waals surface area contributed by atoms with Gasteiger partial charge in [0.1, 0.15) is 10.4 Å². The van der Waals surface area contributed by atoms with Crippen LogP contribution >= 0.6 is 15.9 Å². The van der Waals surface area contributed by atoms with Gasteiger partial charge >= 0.3 is 0 Å². The maximum Gasteiger partial charge on any atom is 0.132 e. The van der Waals surface area contributed by atoms with Crippen LogP contribution in [0.15, 0.2) is 22.8 Å². The first-order valence-corrected chi connectivity index (χ1v) is 5.80. The number of aromatic nitrogens is 2. The van der Waals surface area contributed by atoms with Crippen molar-refractivity contribution in [2.75, 3.05) is 0 Å². The van der Waals surface area contributed by atoms with Crippen molar-refractivity contribution >= 4 is 21.4 Å². The molecule has 0 atom stereocenters. The molecule has 0 spiro atoms. The highest BCUT2D eigenvalue weighted by Gasteiger charge is 2.13. The molecule has 0 bridgehead atoms. The first kappa shape index (κ1) is 10.6. The Morgan fingerprint density at radius 2 is 2.20 bits per heavy atom. The van der Waals surface area contributed by atoms with E-state index in [1.807, 2.05) is 18.2 Å². The molecule has 0 aromatic carbocycles. The molecule has 2 heterocycles. The second-order valence-corrected chi connectivity index (χ2v) is 4.61. The Kier molecular flexibility index (Phi) is 2.80. The van der Waals surface area contributed by atoms with Crippen molar-refractivity contribution in [2.45, 2.75) is 26.3 Å². The number of imidazole rings is 1. The van der Waals surface area contributed by atoms with E-state index < -0.39 is 0 Å². The minimum Gasteiger partial charge on any atom is -0.325 e. The molecule has 3 nitrogen and oxygen atoms in total. The highest BCUT2D eigenvalue weighted by Crippen LogP contribution is 2.24. The Hall–Kier alpha value is -0.870. The molecule has 2 aromatic heterocycles. The van der Waals surface area contributed by atoms with Crippen LogP contribution in [0.4, 0.5) is 0 Å². The first-order valence-electron chi connectivity index (χ1n) is 5.01. The van der Waals surface area contributed by atoms with Gasteiger partial charge in [-0.3, -0.25) is 4.40 Å². The van der Waals surface area contributed by atoms with Crippen molar-refractivity contribution in [2.24, 2.45) is 5.73 Å². The monoisotopic (exact) mass is 267 g/mol. The third-order valence-corrected chi connectivity index (χ3v) is 3.03. The van der Waals surface area contributed by atoms with Crippen LogP contribution < -0.4 is 5.73 Å². The molecule has 0 aliphatic rings. The maximum absolute atomic E-state index is 5.73. The zero-order valence-electron chi connectivity index (χ0n) is 8.87. The van der Waals surface area contributed by atoms with E-state index in [-0.39, 0.29) is 0 Å². The summed E-state index contributed by atoms with van der Waals surface area (Å²) in [7, 11) is 0. The summed E-state index contributed by atoms with van der Waals surface area (Å²) >= 11 is 3.48. The fourth-order valence-corrected chi connectivity index (χ4v) is 2.23. The van der Waals surface area contributed by atoms with Crippen LogP contribution in [0.5, 0.6) is 0 Å². The van der Waals surface area contributed by atoms with Crippen molar-refractivity contribution < 1.29 is 0 Å². The fraction of sp³-hybridized carbons (Fsp3) is 0.364. The van der Waals surface area contributed by atoms with Gasteiger partial charge in [-0.05, 0) is 28.1 Å². The highest BCUT2D eigenvalue weighted by molar-refractivity contribution is 9.10. The zero-order valence-corrected chi connectivity index (χ0v) is 10.5. The van der Waals surface area contributed by atoms with E-state index in [1.54, 1.807) is 0 Å². The highest BCUT2D eigenvalue weighted by atomic mass is 79.9. The van der Waals surface area contributed by atoms with E-state index in [0.29, 0.717) is 12.5 Å². The second kappa shape index (κ2) is 3.94. The average molecular weight is 268 g/mol. The summed E-state index contributed by atoms with van der Waals surface area (Å²) < 4.78 is 3.02. The fourth-order valence-electron chi connectivity index (χ4n) is 1.74. The molecule has 80 valence electrons. The Balaban J connectivity index is 2.82. The third-order valence-electron chi connectivity index (χ3n) is 2.45. The molecule has 4 heteroatoms. The normalized spacial score (nSPS) is 11.5. The zero-order chi connectivity index (χ0) is 11.0. The molecule has 0 aliphatic carbocycles. The van der Waals surface area contributed by atoms with Crippen molar-refractivity contribution in [1.82, 2.24) is 9.38 Å². The quantitative estimate of drug-likeness (QED) is 0.909. The number of pyridine rings is 1. The SMILES string of the molecule is CC(C)c1nc(Br)c2cccc(CN)n12. The van der Waals surface area contributed by atoms with Crippen molar-refractivity contribution in [3.63, 3.8) is 0 Å². The summed E-state index contributed by atoms with van der Waals surface area (Å²) in [5.41, 5.74) is 7.91. The van der Waals surface area contributed by atoms with Gasteiger partial charge in [0.15, 0.2) is 0 Å². The van der Waals surface area contributed by atoms with Crippen LogP contribution in [0.25, 0.3) is 5.52 Å². The average Bonchev–Trinajstić information content (AvgIpc) is 2.56. The number of hydrogen-bond acceptors (Lipinski definition) is 2. The molecule has 0 aliphatic heterocycles. The van der Waals surface area contributed by atoms with Gasteiger partial charge in [-0.2, -0.15) is 0 Å². The minimum atomic E-state index is 0.386. The smallest absolute Gasteiger partial charge is 0.132 e. The second-order valence-electron chi connectivity index (χ2n) is 3.86. The van der Waals surface area contributed by atoms with Crippen LogP contribution in [0, 0.1) is 0 Å². The summed E-state index contributed by atoms with van der Waals surface area (Å²) in [4.78, 5) is 4.52. The van der Waals surface area contributed by atoms with Crippen LogP contribution in [0.3, 0.4) is 0 Å². The van der Waals surface area contributed by atoms with E-state index in [4.69, 9.17) is 5.73 Å². The van der Waals surface area contributed by atoms with Gasteiger partial charge in [-0.1, -0.05) is 19.9 Å².